The van der Waals surface area contributed by atoms with E-state index in [9.17, 15) is 9.59 Å². The van der Waals surface area contributed by atoms with E-state index in [2.05, 4.69) is 4.98 Å². The summed E-state index contributed by atoms with van der Waals surface area (Å²) in [6, 6.07) is 17.1. The van der Waals surface area contributed by atoms with Crippen LogP contribution in [0.1, 0.15) is 17.3 Å². The zero-order valence-corrected chi connectivity index (χ0v) is 13.8. The van der Waals surface area contributed by atoms with Gasteiger partial charge in [0.2, 0.25) is 0 Å². The van der Waals surface area contributed by atoms with Crippen LogP contribution in [0.25, 0.3) is 22.0 Å². The molecule has 0 aliphatic carbocycles. The fourth-order valence-corrected chi connectivity index (χ4v) is 2.65. The summed E-state index contributed by atoms with van der Waals surface area (Å²) in [5, 5.41) is 1.67. The van der Waals surface area contributed by atoms with Crippen molar-refractivity contribution in [1.82, 2.24) is 4.98 Å². The number of carbonyl (C=O) groups is 2. The van der Waals surface area contributed by atoms with Crippen molar-refractivity contribution in [3.63, 3.8) is 0 Å². The van der Waals surface area contributed by atoms with Gasteiger partial charge in [-0.05, 0) is 18.4 Å². The summed E-state index contributed by atoms with van der Waals surface area (Å²) in [7, 11) is 0. The minimum absolute atomic E-state index is 0.266. The number of hydrogen-bond acceptors (Lipinski definition) is 4. The van der Waals surface area contributed by atoms with Crippen LogP contribution < -0.4 is 0 Å². The lowest BCUT2D eigenvalue weighted by Gasteiger charge is -2.10. The number of benzene rings is 2. The summed E-state index contributed by atoms with van der Waals surface area (Å²) in [5.74, 6) is -0.818. The Kier molecular flexibility index (Phi) is 5.00. The highest BCUT2D eigenvalue weighted by atomic mass is 16.5. The van der Waals surface area contributed by atoms with Crippen molar-refractivity contribution in [2.75, 3.05) is 6.61 Å². The molecule has 0 saturated carbocycles. The molecule has 3 aromatic rings. The number of aromatic nitrogens is 1. The van der Waals surface area contributed by atoms with Crippen LogP contribution in [0.3, 0.4) is 0 Å². The molecule has 0 spiro atoms. The second-order valence-electron chi connectivity index (χ2n) is 5.38. The van der Waals surface area contributed by atoms with Gasteiger partial charge in [-0.2, -0.15) is 0 Å². The maximum atomic E-state index is 12.8. The molecule has 3 rings (SSSR count). The van der Waals surface area contributed by atoms with Gasteiger partial charge in [0.05, 0.1) is 17.9 Å². The smallest absolute Gasteiger partial charge is 0.330 e. The standard InChI is InChI=1S/C21H17NO3/c1-2-25-19(24)13-12-18(23)20-17-11-7-6-10-16(17)14-22-21(20)15-8-4-3-5-9-15/h3-14H,2H2,1H3/b13-12-. The normalized spacial score (nSPS) is 10.9. The van der Waals surface area contributed by atoms with E-state index in [-0.39, 0.29) is 12.4 Å². The number of fused-ring (bicyclic) bond motifs is 1. The topological polar surface area (TPSA) is 56.3 Å². The van der Waals surface area contributed by atoms with E-state index in [0.717, 1.165) is 22.4 Å². The summed E-state index contributed by atoms with van der Waals surface area (Å²) in [4.78, 5) is 28.8. The molecule has 25 heavy (non-hydrogen) atoms. The molecular weight excluding hydrogens is 314 g/mol. The minimum atomic E-state index is -0.537. The number of allylic oxidation sites excluding steroid dienone is 1. The number of carbonyl (C=O) groups excluding carboxylic acids is 2. The Labute approximate surface area is 145 Å². The lowest BCUT2D eigenvalue weighted by molar-refractivity contribution is -0.137. The lowest BCUT2D eigenvalue weighted by atomic mass is 9.96. The fraction of sp³-hybridized carbons (Fsp3) is 0.0952. The summed E-state index contributed by atoms with van der Waals surface area (Å²) < 4.78 is 4.84. The minimum Gasteiger partial charge on any atom is -0.463 e. The molecule has 2 aromatic carbocycles. The molecular formula is C21H17NO3. The maximum Gasteiger partial charge on any atom is 0.330 e. The van der Waals surface area contributed by atoms with Crippen LogP contribution in [0.4, 0.5) is 0 Å². The second-order valence-corrected chi connectivity index (χ2v) is 5.38. The Balaban J connectivity index is 2.13. The Morgan fingerprint density at radius 1 is 1.00 bits per heavy atom. The highest BCUT2D eigenvalue weighted by Crippen LogP contribution is 2.28. The predicted octanol–water partition coefficient (Wildman–Crippen LogP) is 4.20. The highest BCUT2D eigenvalue weighted by molar-refractivity contribution is 6.18. The molecule has 124 valence electrons. The number of esters is 1. The van der Waals surface area contributed by atoms with Gasteiger partial charge in [-0.3, -0.25) is 9.78 Å². The van der Waals surface area contributed by atoms with Crippen molar-refractivity contribution >= 4 is 22.5 Å². The molecule has 0 radical (unpaired) electrons. The first-order valence-corrected chi connectivity index (χ1v) is 8.03. The van der Waals surface area contributed by atoms with Gasteiger partial charge in [0, 0.05) is 23.2 Å². The Morgan fingerprint density at radius 3 is 2.48 bits per heavy atom. The average molecular weight is 331 g/mol. The lowest BCUT2D eigenvalue weighted by Crippen LogP contribution is -2.04. The first-order chi connectivity index (χ1) is 12.2. The molecule has 0 amide bonds. The van der Waals surface area contributed by atoms with Gasteiger partial charge in [0.25, 0.3) is 0 Å². The summed E-state index contributed by atoms with van der Waals surface area (Å²) in [6.45, 7) is 1.98. The third-order valence-corrected chi connectivity index (χ3v) is 3.75. The fourth-order valence-electron chi connectivity index (χ4n) is 2.65. The largest absolute Gasteiger partial charge is 0.463 e. The molecule has 4 nitrogen and oxygen atoms in total. The van der Waals surface area contributed by atoms with Crippen molar-refractivity contribution in [2.45, 2.75) is 6.92 Å². The molecule has 0 bridgehead atoms. The van der Waals surface area contributed by atoms with Crippen LogP contribution >= 0.6 is 0 Å². The molecule has 0 saturated heterocycles. The molecule has 0 N–H and O–H groups in total. The van der Waals surface area contributed by atoms with E-state index in [1.807, 2.05) is 54.6 Å². The van der Waals surface area contributed by atoms with Gasteiger partial charge >= 0.3 is 5.97 Å². The summed E-state index contributed by atoms with van der Waals surface area (Å²) in [5.41, 5.74) is 1.92. The Bertz CT molecular complexity index is 946. The first kappa shape index (κ1) is 16.6. The van der Waals surface area contributed by atoms with Gasteiger partial charge in [-0.15, -0.1) is 0 Å². The number of nitrogens with zero attached hydrogens (tertiary/aromatic N) is 1. The van der Waals surface area contributed by atoms with Crippen LogP contribution in [0.15, 0.2) is 72.9 Å². The van der Waals surface area contributed by atoms with Crippen LogP contribution in [0.5, 0.6) is 0 Å². The molecule has 0 fully saturated rings. The predicted molar refractivity (Wildman–Crippen MR) is 97.3 cm³/mol. The van der Waals surface area contributed by atoms with Crippen LogP contribution in [-0.2, 0) is 9.53 Å². The van der Waals surface area contributed by atoms with Crippen molar-refractivity contribution in [3.05, 3.63) is 78.5 Å². The van der Waals surface area contributed by atoms with E-state index in [1.165, 1.54) is 6.08 Å². The summed E-state index contributed by atoms with van der Waals surface area (Å²) in [6.07, 6.45) is 4.15. The first-order valence-electron chi connectivity index (χ1n) is 8.03. The second kappa shape index (κ2) is 7.53. The van der Waals surface area contributed by atoms with Crippen molar-refractivity contribution in [2.24, 2.45) is 0 Å². The van der Waals surface area contributed by atoms with Crippen molar-refractivity contribution in [1.29, 1.82) is 0 Å². The molecule has 0 aliphatic heterocycles. The SMILES string of the molecule is CCOC(=O)/C=C\C(=O)c1c(-c2ccccc2)ncc2ccccc12. The van der Waals surface area contributed by atoms with Gasteiger partial charge in [0.1, 0.15) is 0 Å². The van der Waals surface area contributed by atoms with Crippen molar-refractivity contribution < 1.29 is 14.3 Å². The van der Waals surface area contributed by atoms with E-state index >= 15 is 0 Å². The van der Waals surface area contributed by atoms with Crippen LogP contribution in [-0.4, -0.2) is 23.3 Å². The quantitative estimate of drug-likeness (QED) is 0.399. The Hall–Kier alpha value is -3.27. The number of hydrogen-bond donors (Lipinski definition) is 0. The van der Waals surface area contributed by atoms with Gasteiger partial charge in [-0.25, -0.2) is 4.79 Å². The van der Waals surface area contributed by atoms with Crippen LogP contribution in [0, 0.1) is 0 Å². The number of ketones is 1. The Morgan fingerprint density at radius 2 is 1.72 bits per heavy atom. The highest BCUT2D eigenvalue weighted by Gasteiger charge is 2.16. The van der Waals surface area contributed by atoms with Crippen LogP contribution in [0.2, 0.25) is 0 Å². The molecule has 0 unspecified atom stereocenters. The number of pyridine rings is 1. The third kappa shape index (κ3) is 3.63. The monoisotopic (exact) mass is 331 g/mol. The summed E-state index contributed by atoms with van der Waals surface area (Å²) >= 11 is 0. The number of rotatable bonds is 5. The zero-order valence-electron chi connectivity index (χ0n) is 13.8. The van der Waals surface area contributed by atoms with Gasteiger partial charge < -0.3 is 4.74 Å². The van der Waals surface area contributed by atoms with E-state index in [0.29, 0.717) is 11.3 Å². The van der Waals surface area contributed by atoms with E-state index in [4.69, 9.17) is 4.74 Å². The molecule has 4 heteroatoms. The molecule has 0 atom stereocenters. The molecule has 0 aliphatic rings. The molecule has 1 aromatic heterocycles. The number of ether oxygens (including phenoxy) is 1. The third-order valence-electron chi connectivity index (χ3n) is 3.75. The van der Waals surface area contributed by atoms with Gasteiger partial charge in [-0.1, -0.05) is 54.6 Å². The average Bonchev–Trinajstić information content (AvgIpc) is 2.66. The zero-order chi connectivity index (χ0) is 17.6. The van der Waals surface area contributed by atoms with Crippen molar-refractivity contribution in [3.8, 4) is 11.3 Å². The maximum absolute atomic E-state index is 12.8. The van der Waals surface area contributed by atoms with Gasteiger partial charge in [0.15, 0.2) is 5.78 Å². The van der Waals surface area contributed by atoms with E-state index in [1.54, 1.807) is 13.1 Å². The van der Waals surface area contributed by atoms with E-state index < -0.39 is 5.97 Å². The molecule has 1 heterocycles.